The molecule has 108 valence electrons. The molecule has 0 heterocycles. The van der Waals surface area contributed by atoms with Crippen molar-refractivity contribution in [2.24, 2.45) is 0 Å². The van der Waals surface area contributed by atoms with Crippen LogP contribution in [0.2, 0.25) is 0 Å². The van der Waals surface area contributed by atoms with Crippen molar-refractivity contribution in [1.82, 2.24) is 0 Å². The molecule has 0 fully saturated rings. The first kappa shape index (κ1) is 17.1. The minimum atomic E-state index is 0.353. The highest BCUT2D eigenvalue weighted by molar-refractivity contribution is 8.05. The summed E-state index contributed by atoms with van der Waals surface area (Å²) in [6.07, 6.45) is 0. The van der Waals surface area contributed by atoms with E-state index in [2.05, 4.69) is 44.7 Å². The molecule has 0 radical (unpaired) electrons. The van der Waals surface area contributed by atoms with Crippen molar-refractivity contribution >= 4 is 35.3 Å². The summed E-state index contributed by atoms with van der Waals surface area (Å²) in [5, 5.41) is 10.6. The monoisotopic (exact) mass is 316 g/mol. The van der Waals surface area contributed by atoms with E-state index in [0.717, 1.165) is 11.5 Å². The molecule has 0 aliphatic carbocycles. The average molecular weight is 317 g/mol. The van der Waals surface area contributed by atoms with E-state index in [0.29, 0.717) is 16.2 Å². The van der Waals surface area contributed by atoms with Crippen LogP contribution < -0.4 is 0 Å². The molecule has 0 bridgehead atoms. The molecule has 0 aliphatic rings. The van der Waals surface area contributed by atoms with Crippen molar-refractivity contribution in [3.63, 3.8) is 0 Å². The Morgan fingerprint density at radius 1 is 0.947 bits per heavy atom. The molecule has 0 saturated carbocycles. The summed E-state index contributed by atoms with van der Waals surface area (Å²) in [7, 11) is 0. The van der Waals surface area contributed by atoms with Gasteiger partial charge >= 0.3 is 0 Å². The van der Waals surface area contributed by atoms with E-state index in [9.17, 15) is 5.11 Å². The Kier molecular flexibility index (Phi) is 8.92. The largest absolute Gasteiger partial charge is 0.508 e. The Hall–Kier alpha value is 0.0700. The summed E-state index contributed by atoms with van der Waals surface area (Å²) in [6.45, 7) is 6.68. The second-order valence-corrected chi connectivity index (χ2v) is 8.37. The summed E-state index contributed by atoms with van der Waals surface area (Å²) in [5.41, 5.74) is 1.34. The van der Waals surface area contributed by atoms with E-state index < -0.39 is 0 Å². The Morgan fingerprint density at radius 2 is 1.58 bits per heavy atom. The van der Waals surface area contributed by atoms with Gasteiger partial charge < -0.3 is 5.11 Å². The Labute approximate surface area is 130 Å². The molecule has 1 aromatic rings. The molecule has 0 saturated heterocycles. The van der Waals surface area contributed by atoms with Crippen LogP contribution in [0.25, 0.3) is 0 Å². The lowest BCUT2D eigenvalue weighted by Gasteiger charge is -2.26. The van der Waals surface area contributed by atoms with E-state index in [1.165, 1.54) is 17.1 Å². The smallest absolute Gasteiger partial charge is 0.115 e. The van der Waals surface area contributed by atoms with Gasteiger partial charge in [0.25, 0.3) is 0 Å². The number of thioether (sulfide) groups is 3. The molecule has 1 nitrogen and oxygen atoms in total. The topological polar surface area (TPSA) is 20.2 Å². The molecule has 1 rings (SSSR count). The molecule has 0 spiro atoms. The third-order valence-electron chi connectivity index (χ3n) is 2.77. The van der Waals surface area contributed by atoms with Crippen LogP contribution in [-0.4, -0.2) is 33.4 Å². The summed E-state index contributed by atoms with van der Waals surface area (Å²) in [5.74, 6) is 5.02. The van der Waals surface area contributed by atoms with Crippen LogP contribution in [0.4, 0.5) is 0 Å². The molecule has 1 aromatic carbocycles. The SMILES string of the molecule is CCSCC(SCC)C(SCC)c1ccc(O)cc1. The van der Waals surface area contributed by atoms with Crippen LogP contribution in [0, 0.1) is 0 Å². The van der Waals surface area contributed by atoms with Crippen LogP contribution in [0.1, 0.15) is 31.6 Å². The molecular weight excluding hydrogens is 292 g/mol. The Bertz CT molecular complexity index is 340. The summed E-state index contributed by atoms with van der Waals surface area (Å²) < 4.78 is 0. The first-order chi connectivity index (χ1) is 9.22. The van der Waals surface area contributed by atoms with Gasteiger partial charge in [-0.25, -0.2) is 0 Å². The minimum absolute atomic E-state index is 0.353. The van der Waals surface area contributed by atoms with Crippen molar-refractivity contribution in [2.75, 3.05) is 23.0 Å². The van der Waals surface area contributed by atoms with Gasteiger partial charge in [0.15, 0.2) is 0 Å². The number of phenols is 1. The van der Waals surface area contributed by atoms with E-state index in [1.807, 2.05) is 23.5 Å². The van der Waals surface area contributed by atoms with Gasteiger partial charge in [-0.1, -0.05) is 32.9 Å². The van der Waals surface area contributed by atoms with Gasteiger partial charge in [-0.3, -0.25) is 0 Å². The van der Waals surface area contributed by atoms with Gasteiger partial charge in [-0.2, -0.15) is 35.3 Å². The number of hydrogen-bond acceptors (Lipinski definition) is 4. The maximum absolute atomic E-state index is 9.44. The highest BCUT2D eigenvalue weighted by Crippen LogP contribution is 2.40. The predicted octanol–water partition coefficient (Wildman–Crippen LogP) is 5.06. The van der Waals surface area contributed by atoms with Crippen molar-refractivity contribution in [3.05, 3.63) is 29.8 Å². The maximum atomic E-state index is 9.44. The fourth-order valence-electron chi connectivity index (χ4n) is 1.93. The number of hydrogen-bond donors (Lipinski definition) is 1. The number of benzene rings is 1. The maximum Gasteiger partial charge on any atom is 0.115 e. The van der Waals surface area contributed by atoms with E-state index in [-0.39, 0.29) is 0 Å². The van der Waals surface area contributed by atoms with Crippen LogP contribution in [0.5, 0.6) is 5.75 Å². The van der Waals surface area contributed by atoms with Crippen LogP contribution >= 0.6 is 35.3 Å². The summed E-state index contributed by atoms with van der Waals surface area (Å²) in [4.78, 5) is 0. The quantitative estimate of drug-likeness (QED) is 0.686. The molecule has 2 atom stereocenters. The van der Waals surface area contributed by atoms with Crippen LogP contribution in [0.15, 0.2) is 24.3 Å². The standard InChI is InChI=1S/C15H24OS3/c1-4-17-11-14(18-5-2)15(19-6-3)12-7-9-13(16)10-8-12/h7-10,14-16H,4-6,11H2,1-3H3. The lowest BCUT2D eigenvalue weighted by Crippen LogP contribution is -2.16. The van der Waals surface area contributed by atoms with Gasteiger partial charge in [-0.05, 0) is 35.0 Å². The average Bonchev–Trinajstić information content (AvgIpc) is 2.42. The molecule has 0 aromatic heterocycles. The van der Waals surface area contributed by atoms with E-state index >= 15 is 0 Å². The molecule has 0 amide bonds. The minimum Gasteiger partial charge on any atom is -0.508 e. The highest BCUT2D eigenvalue weighted by atomic mass is 32.2. The third-order valence-corrected chi connectivity index (χ3v) is 6.65. The number of phenolic OH excluding ortho intramolecular Hbond substituents is 1. The molecule has 4 heteroatoms. The molecular formula is C15H24OS3. The predicted molar refractivity (Wildman–Crippen MR) is 93.9 cm³/mol. The number of aromatic hydroxyl groups is 1. The van der Waals surface area contributed by atoms with Crippen molar-refractivity contribution in [1.29, 1.82) is 0 Å². The second-order valence-electron chi connectivity index (χ2n) is 4.12. The summed E-state index contributed by atoms with van der Waals surface area (Å²) in [6, 6.07) is 7.75. The number of rotatable bonds is 9. The van der Waals surface area contributed by atoms with Crippen molar-refractivity contribution in [3.8, 4) is 5.75 Å². The van der Waals surface area contributed by atoms with Crippen molar-refractivity contribution in [2.45, 2.75) is 31.3 Å². The molecule has 1 N–H and O–H groups in total. The molecule has 19 heavy (non-hydrogen) atoms. The van der Waals surface area contributed by atoms with Gasteiger partial charge in [-0.15, -0.1) is 0 Å². The van der Waals surface area contributed by atoms with Crippen LogP contribution in [0.3, 0.4) is 0 Å². The van der Waals surface area contributed by atoms with Crippen LogP contribution in [-0.2, 0) is 0 Å². The third kappa shape index (κ3) is 5.92. The van der Waals surface area contributed by atoms with Gasteiger partial charge in [0.1, 0.15) is 5.75 Å². The Morgan fingerprint density at radius 3 is 2.11 bits per heavy atom. The van der Waals surface area contributed by atoms with Crippen molar-refractivity contribution < 1.29 is 5.11 Å². The highest BCUT2D eigenvalue weighted by Gasteiger charge is 2.23. The molecule has 2 unspecified atom stereocenters. The lowest BCUT2D eigenvalue weighted by molar-refractivity contribution is 0.475. The van der Waals surface area contributed by atoms with Gasteiger partial charge in [0.05, 0.1) is 0 Å². The first-order valence-corrected chi connectivity index (χ1v) is 10.1. The second kappa shape index (κ2) is 9.89. The van der Waals surface area contributed by atoms with E-state index in [4.69, 9.17) is 0 Å². The van der Waals surface area contributed by atoms with Gasteiger partial charge in [0, 0.05) is 16.3 Å². The zero-order valence-electron chi connectivity index (χ0n) is 12.0. The zero-order chi connectivity index (χ0) is 14.1. The molecule has 0 aliphatic heterocycles. The van der Waals surface area contributed by atoms with Gasteiger partial charge in [0.2, 0.25) is 0 Å². The zero-order valence-corrected chi connectivity index (χ0v) is 14.4. The fraction of sp³-hybridized carbons (Fsp3) is 0.600. The first-order valence-electron chi connectivity index (χ1n) is 6.82. The normalized spacial score (nSPS) is 14.3. The lowest BCUT2D eigenvalue weighted by atomic mass is 10.1. The Balaban J connectivity index is 2.84. The fourth-order valence-corrected chi connectivity index (χ4v) is 5.64. The summed E-state index contributed by atoms with van der Waals surface area (Å²) >= 11 is 6.10. The van der Waals surface area contributed by atoms with E-state index in [1.54, 1.807) is 12.1 Å².